The average Bonchev–Trinajstić information content (AvgIpc) is 3.37. The van der Waals surface area contributed by atoms with Crippen LogP contribution in [0.25, 0.3) is 0 Å². The number of rotatable bonds is 9. The number of nitrogens with zero attached hydrogens (tertiary/aromatic N) is 1. The van der Waals surface area contributed by atoms with E-state index >= 15 is 0 Å². The zero-order chi connectivity index (χ0) is 31.6. The molecule has 5 rings (SSSR count). The van der Waals surface area contributed by atoms with Crippen molar-refractivity contribution in [3.8, 4) is 17.2 Å². The molecule has 1 unspecified atom stereocenters. The number of alkyl halides is 3. The molecular formula is C32H36F3N3O5S. The fourth-order valence-corrected chi connectivity index (χ4v) is 8.50. The lowest BCUT2D eigenvalue weighted by atomic mass is 9.76. The van der Waals surface area contributed by atoms with Gasteiger partial charge in [0, 0.05) is 0 Å². The first kappa shape index (κ1) is 31.6. The molecule has 1 saturated carbocycles. The van der Waals surface area contributed by atoms with Crippen LogP contribution in [0.2, 0.25) is 0 Å². The third-order valence-corrected chi connectivity index (χ3v) is 11.2. The maximum absolute atomic E-state index is 14.4. The SMILES string of the molecule is CCCN1CCC2(CC1)CCC(C(=O)Nc1ccccc1N)(S(=O)(=O)c1ccc(Oc3ccc(OC(F)(F)F)cc3)cc1)C2. The van der Waals surface area contributed by atoms with E-state index in [1.165, 1.54) is 36.4 Å². The molecule has 1 aliphatic heterocycles. The Bertz CT molecular complexity index is 1570. The van der Waals surface area contributed by atoms with Gasteiger partial charge >= 0.3 is 6.36 Å². The van der Waals surface area contributed by atoms with Crippen LogP contribution < -0.4 is 20.5 Å². The number of carbonyl (C=O) groups is 1. The summed E-state index contributed by atoms with van der Waals surface area (Å²) in [5, 5.41) is 2.82. The van der Waals surface area contributed by atoms with Gasteiger partial charge in [0.1, 0.15) is 17.2 Å². The van der Waals surface area contributed by atoms with E-state index in [9.17, 15) is 26.4 Å². The summed E-state index contributed by atoms with van der Waals surface area (Å²) in [5.41, 5.74) is 6.53. The minimum Gasteiger partial charge on any atom is -0.457 e. The van der Waals surface area contributed by atoms with Crippen LogP contribution in [0.15, 0.2) is 77.7 Å². The quantitative estimate of drug-likeness (QED) is 0.250. The number of hydrogen-bond acceptors (Lipinski definition) is 7. The number of anilines is 2. The Morgan fingerprint density at radius 1 is 0.909 bits per heavy atom. The topological polar surface area (TPSA) is 111 Å². The van der Waals surface area contributed by atoms with E-state index in [1.54, 1.807) is 24.3 Å². The second-order valence-electron chi connectivity index (χ2n) is 11.7. The van der Waals surface area contributed by atoms with Crippen LogP contribution in [-0.4, -0.2) is 50.0 Å². The summed E-state index contributed by atoms with van der Waals surface area (Å²) < 4.78 is 74.1. The molecule has 2 fully saturated rings. The van der Waals surface area contributed by atoms with Gasteiger partial charge in [-0.15, -0.1) is 13.2 Å². The third-order valence-electron chi connectivity index (χ3n) is 8.74. The second-order valence-corrected chi connectivity index (χ2v) is 13.9. The second kappa shape index (κ2) is 12.3. The van der Waals surface area contributed by atoms with Gasteiger partial charge in [0.05, 0.1) is 16.3 Å². The molecule has 12 heteroatoms. The van der Waals surface area contributed by atoms with Crippen molar-refractivity contribution in [2.24, 2.45) is 5.41 Å². The molecule has 1 aliphatic carbocycles. The van der Waals surface area contributed by atoms with E-state index in [4.69, 9.17) is 10.5 Å². The van der Waals surface area contributed by atoms with Gasteiger partial charge in [0.25, 0.3) is 0 Å². The number of piperidine rings is 1. The first-order valence-corrected chi connectivity index (χ1v) is 16.1. The lowest BCUT2D eigenvalue weighted by molar-refractivity contribution is -0.274. The van der Waals surface area contributed by atoms with Crippen LogP contribution in [0.5, 0.6) is 17.2 Å². The maximum atomic E-state index is 14.4. The monoisotopic (exact) mass is 631 g/mol. The lowest BCUT2D eigenvalue weighted by Gasteiger charge is -2.40. The molecule has 2 aliphatic rings. The molecule has 236 valence electrons. The Morgan fingerprint density at radius 3 is 2.09 bits per heavy atom. The number of sulfone groups is 1. The number of nitrogens with two attached hydrogens (primary N) is 1. The molecular weight excluding hydrogens is 595 g/mol. The van der Waals surface area contributed by atoms with Gasteiger partial charge in [-0.1, -0.05) is 19.1 Å². The van der Waals surface area contributed by atoms with E-state index < -0.39 is 32.6 Å². The van der Waals surface area contributed by atoms with Gasteiger partial charge in [-0.2, -0.15) is 0 Å². The molecule has 0 aromatic heterocycles. The number of para-hydroxylation sites is 2. The smallest absolute Gasteiger partial charge is 0.457 e. The molecule has 3 aromatic carbocycles. The number of carbonyl (C=O) groups excluding carboxylic acids is 1. The highest BCUT2D eigenvalue weighted by Gasteiger charge is 2.60. The van der Waals surface area contributed by atoms with Crippen molar-refractivity contribution in [3.05, 3.63) is 72.8 Å². The van der Waals surface area contributed by atoms with Gasteiger partial charge in [0.2, 0.25) is 5.91 Å². The van der Waals surface area contributed by atoms with Crippen LogP contribution in [0.3, 0.4) is 0 Å². The Kier molecular flexibility index (Phi) is 8.86. The van der Waals surface area contributed by atoms with E-state index in [1.807, 2.05) is 0 Å². The molecule has 1 atom stereocenters. The molecule has 3 N–H and O–H groups in total. The van der Waals surface area contributed by atoms with Crippen molar-refractivity contribution in [3.63, 3.8) is 0 Å². The molecule has 3 aromatic rings. The van der Waals surface area contributed by atoms with Crippen molar-refractivity contribution < 1.29 is 35.9 Å². The maximum Gasteiger partial charge on any atom is 0.573 e. The minimum atomic E-state index is -4.81. The summed E-state index contributed by atoms with van der Waals surface area (Å²) in [7, 11) is -4.19. The average molecular weight is 632 g/mol. The van der Waals surface area contributed by atoms with Crippen LogP contribution in [-0.2, 0) is 14.6 Å². The highest BCUT2D eigenvalue weighted by atomic mass is 32.2. The Balaban J connectivity index is 1.40. The van der Waals surface area contributed by atoms with Crippen LogP contribution in [0.4, 0.5) is 24.5 Å². The first-order chi connectivity index (χ1) is 20.8. The number of nitrogen functional groups attached to an aromatic ring is 1. The van der Waals surface area contributed by atoms with E-state index in [2.05, 4.69) is 21.9 Å². The fraction of sp³-hybridized carbons (Fsp3) is 0.406. The molecule has 1 spiro atoms. The third kappa shape index (κ3) is 6.66. The van der Waals surface area contributed by atoms with Gasteiger partial charge in [0.15, 0.2) is 14.6 Å². The van der Waals surface area contributed by atoms with Crippen LogP contribution >= 0.6 is 0 Å². The molecule has 0 radical (unpaired) electrons. The number of benzene rings is 3. The van der Waals surface area contributed by atoms with Crippen molar-refractivity contribution in [1.82, 2.24) is 4.90 Å². The minimum absolute atomic E-state index is 0.0181. The van der Waals surface area contributed by atoms with Crippen molar-refractivity contribution in [2.75, 3.05) is 30.7 Å². The summed E-state index contributed by atoms with van der Waals surface area (Å²) in [5.74, 6) is -0.476. The Labute approximate surface area is 255 Å². The summed E-state index contributed by atoms with van der Waals surface area (Å²) in [6.45, 7) is 4.86. The molecule has 1 heterocycles. The highest BCUT2D eigenvalue weighted by molar-refractivity contribution is 7.93. The van der Waals surface area contributed by atoms with Crippen LogP contribution in [0.1, 0.15) is 45.4 Å². The lowest BCUT2D eigenvalue weighted by Crippen LogP contribution is -2.49. The van der Waals surface area contributed by atoms with Gasteiger partial charge in [-0.25, -0.2) is 8.42 Å². The number of ether oxygens (including phenoxy) is 2. The number of amides is 1. The summed E-state index contributed by atoms with van der Waals surface area (Å²) in [6, 6.07) is 17.3. The zero-order valence-electron chi connectivity index (χ0n) is 24.4. The molecule has 44 heavy (non-hydrogen) atoms. The van der Waals surface area contributed by atoms with E-state index in [-0.39, 0.29) is 34.7 Å². The van der Waals surface area contributed by atoms with Crippen molar-refractivity contribution in [2.45, 2.75) is 61.5 Å². The Morgan fingerprint density at radius 2 is 1.50 bits per heavy atom. The standard InChI is InChI=1S/C32H36F3N3O5S/c1-2-19-38-20-17-30(18-21-38)15-16-31(22-30,29(39)37-28-6-4-3-5-27(28)36)44(40,41)26-13-11-24(12-14-26)42-23-7-9-25(10-8-23)43-32(33,34)35/h3-14H,2,15-22,36H2,1H3,(H,37,39). The number of nitrogens with one attached hydrogen (secondary N) is 1. The number of halogens is 3. The Hall–Kier alpha value is -3.77. The van der Waals surface area contributed by atoms with E-state index in [0.717, 1.165) is 51.0 Å². The fourth-order valence-electron chi connectivity index (χ4n) is 6.39. The molecule has 1 amide bonds. The van der Waals surface area contributed by atoms with Gasteiger partial charge in [-0.05, 0) is 124 Å². The van der Waals surface area contributed by atoms with E-state index in [0.29, 0.717) is 17.8 Å². The van der Waals surface area contributed by atoms with Crippen molar-refractivity contribution >= 4 is 27.1 Å². The summed E-state index contributed by atoms with van der Waals surface area (Å²) in [4.78, 5) is 16.4. The molecule has 1 saturated heterocycles. The van der Waals surface area contributed by atoms with Crippen LogP contribution in [0, 0.1) is 5.41 Å². The zero-order valence-corrected chi connectivity index (χ0v) is 25.2. The number of hydrogen-bond donors (Lipinski definition) is 2. The molecule has 8 nitrogen and oxygen atoms in total. The van der Waals surface area contributed by atoms with Gasteiger partial charge in [-0.3, -0.25) is 4.79 Å². The predicted octanol–water partition coefficient (Wildman–Crippen LogP) is 6.79. The first-order valence-electron chi connectivity index (χ1n) is 14.6. The predicted molar refractivity (Wildman–Crippen MR) is 161 cm³/mol. The van der Waals surface area contributed by atoms with Crippen molar-refractivity contribution in [1.29, 1.82) is 0 Å². The molecule has 0 bridgehead atoms. The normalized spacial score (nSPS) is 20.4. The van der Waals surface area contributed by atoms with Gasteiger partial charge < -0.3 is 25.4 Å². The summed E-state index contributed by atoms with van der Waals surface area (Å²) in [6.07, 6.45) is -1.09. The number of likely N-dealkylation sites (tertiary alicyclic amines) is 1. The summed E-state index contributed by atoms with van der Waals surface area (Å²) >= 11 is 0. The largest absolute Gasteiger partial charge is 0.573 e. The highest BCUT2D eigenvalue weighted by Crippen LogP contribution is 2.55.